The molecule has 0 N–H and O–H groups in total. The lowest BCUT2D eigenvalue weighted by Gasteiger charge is -1.91. The van der Waals surface area contributed by atoms with Gasteiger partial charge in [-0.1, -0.05) is 6.58 Å². The first-order valence-electron chi connectivity index (χ1n) is 2.96. The molecule has 1 aromatic rings. The molecular formula is C7H9N3. The topological polar surface area (TPSA) is 30.2 Å². The third kappa shape index (κ3) is 1.13. The number of aliphatic imine (C=N–C) groups is 1. The van der Waals surface area contributed by atoms with Crippen LogP contribution in [0.15, 0.2) is 24.0 Å². The molecule has 0 aromatic carbocycles. The molecular weight excluding hydrogens is 126 g/mol. The molecule has 0 spiro atoms. The summed E-state index contributed by atoms with van der Waals surface area (Å²) >= 11 is 0. The second-order valence-electron chi connectivity index (χ2n) is 1.77. The molecule has 0 saturated heterocycles. The van der Waals surface area contributed by atoms with Gasteiger partial charge >= 0.3 is 0 Å². The maximum atomic E-state index is 4.01. The Morgan fingerprint density at radius 1 is 1.80 bits per heavy atom. The van der Waals surface area contributed by atoms with Gasteiger partial charge in [0.05, 0.1) is 6.34 Å². The summed E-state index contributed by atoms with van der Waals surface area (Å²) in [4.78, 5) is 7.84. The van der Waals surface area contributed by atoms with Crippen LogP contribution < -0.4 is 0 Å². The molecule has 0 aliphatic carbocycles. The van der Waals surface area contributed by atoms with Crippen LogP contribution >= 0.6 is 0 Å². The lowest BCUT2D eigenvalue weighted by Crippen LogP contribution is -1.95. The minimum Gasteiger partial charge on any atom is -0.291 e. The number of aromatic nitrogens is 2. The summed E-state index contributed by atoms with van der Waals surface area (Å²) < 4.78 is 1.80. The summed E-state index contributed by atoms with van der Waals surface area (Å²) in [5, 5.41) is 0. The largest absolute Gasteiger partial charge is 0.291 e. The number of hydrogen-bond acceptors (Lipinski definition) is 2. The van der Waals surface area contributed by atoms with Gasteiger partial charge in [-0.25, -0.2) is 4.98 Å². The smallest absolute Gasteiger partial charge is 0.137 e. The quantitative estimate of drug-likeness (QED) is 0.440. The average molecular weight is 135 g/mol. The summed E-state index contributed by atoms with van der Waals surface area (Å²) in [6.07, 6.45) is 6.90. The van der Waals surface area contributed by atoms with Gasteiger partial charge in [0.1, 0.15) is 5.82 Å². The van der Waals surface area contributed by atoms with Gasteiger partial charge in [0, 0.05) is 19.4 Å². The van der Waals surface area contributed by atoms with Gasteiger partial charge in [-0.2, -0.15) is 0 Å². The Bertz CT molecular complexity index is 247. The van der Waals surface area contributed by atoms with E-state index in [1.807, 2.05) is 6.20 Å². The fourth-order valence-electron chi connectivity index (χ4n) is 0.705. The van der Waals surface area contributed by atoms with Gasteiger partial charge in [-0.15, -0.1) is 0 Å². The highest BCUT2D eigenvalue weighted by molar-refractivity contribution is 5.62. The second kappa shape index (κ2) is 2.96. The van der Waals surface area contributed by atoms with Crippen molar-refractivity contribution in [3.63, 3.8) is 0 Å². The molecule has 0 fully saturated rings. The molecule has 1 heterocycles. The highest BCUT2D eigenvalue weighted by Gasteiger charge is 1.91. The Labute approximate surface area is 59.7 Å². The predicted molar refractivity (Wildman–Crippen MR) is 42.1 cm³/mol. The van der Waals surface area contributed by atoms with Gasteiger partial charge in [-0.3, -0.25) is 9.56 Å². The van der Waals surface area contributed by atoms with E-state index >= 15 is 0 Å². The first kappa shape index (κ1) is 6.74. The minimum absolute atomic E-state index is 0.811. The number of nitrogens with zero attached hydrogens (tertiary/aromatic N) is 3. The molecule has 1 aromatic heterocycles. The van der Waals surface area contributed by atoms with E-state index in [4.69, 9.17) is 0 Å². The summed E-state index contributed by atoms with van der Waals surface area (Å²) in [6, 6.07) is 0. The summed E-state index contributed by atoms with van der Waals surface area (Å²) in [6.45, 7) is 3.60. The van der Waals surface area contributed by atoms with Crippen molar-refractivity contribution in [3.05, 3.63) is 24.8 Å². The van der Waals surface area contributed by atoms with Crippen LogP contribution in [0.3, 0.4) is 0 Å². The number of hydrogen-bond donors (Lipinski definition) is 0. The first-order chi connectivity index (χ1) is 4.88. The molecule has 0 radical (unpaired) electrons. The zero-order valence-corrected chi connectivity index (χ0v) is 5.86. The fraction of sp³-hybridized carbons (Fsp3) is 0.143. The van der Waals surface area contributed by atoms with Gasteiger partial charge in [-0.05, 0) is 6.08 Å². The fourth-order valence-corrected chi connectivity index (χ4v) is 0.705. The van der Waals surface area contributed by atoms with Crippen molar-refractivity contribution in [1.82, 2.24) is 9.55 Å². The Hall–Kier alpha value is -1.38. The van der Waals surface area contributed by atoms with E-state index in [1.165, 1.54) is 0 Å². The molecule has 0 amide bonds. The van der Waals surface area contributed by atoms with Crippen molar-refractivity contribution in [2.45, 2.75) is 0 Å². The normalized spacial score (nSPS) is 10.5. The van der Waals surface area contributed by atoms with Gasteiger partial charge in [0.25, 0.3) is 0 Å². The van der Waals surface area contributed by atoms with E-state index in [0.29, 0.717) is 0 Å². The molecule has 1 rings (SSSR count). The average Bonchev–Trinajstić information content (AvgIpc) is 2.36. The van der Waals surface area contributed by atoms with E-state index < -0.39 is 0 Å². The summed E-state index contributed by atoms with van der Waals surface area (Å²) in [5.74, 6) is 0.811. The van der Waals surface area contributed by atoms with E-state index in [9.17, 15) is 0 Å². The second-order valence-corrected chi connectivity index (χ2v) is 1.77. The van der Waals surface area contributed by atoms with Crippen molar-refractivity contribution in [2.24, 2.45) is 4.99 Å². The Morgan fingerprint density at radius 2 is 2.60 bits per heavy atom. The zero-order valence-electron chi connectivity index (χ0n) is 5.86. The van der Waals surface area contributed by atoms with Crippen molar-refractivity contribution >= 4 is 12.4 Å². The summed E-state index contributed by atoms with van der Waals surface area (Å²) in [5.41, 5.74) is 0. The monoisotopic (exact) mass is 135 g/mol. The highest BCUT2D eigenvalue weighted by Crippen LogP contribution is 1.94. The lowest BCUT2D eigenvalue weighted by molar-refractivity contribution is 1.12. The molecule has 0 atom stereocenters. The Morgan fingerprint density at radius 3 is 3.20 bits per heavy atom. The number of rotatable bonds is 2. The Kier molecular flexibility index (Phi) is 1.99. The van der Waals surface area contributed by atoms with E-state index in [2.05, 4.69) is 16.6 Å². The van der Waals surface area contributed by atoms with Crippen molar-refractivity contribution in [1.29, 1.82) is 0 Å². The molecule has 0 saturated carbocycles. The molecule has 3 nitrogen and oxygen atoms in total. The molecule has 0 unspecified atom stereocenters. The van der Waals surface area contributed by atoms with Crippen molar-refractivity contribution in [2.75, 3.05) is 7.05 Å². The van der Waals surface area contributed by atoms with Crippen LogP contribution in [0, 0.1) is 0 Å². The van der Waals surface area contributed by atoms with Crippen LogP contribution in [0.1, 0.15) is 5.82 Å². The molecule has 52 valence electrons. The SMILES string of the molecule is C=Cc1nccn1/C=N\C. The van der Waals surface area contributed by atoms with Crippen LogP contribution in [0.5, 0.6) is 0 Å². The standard InChI is InChI=1S/C7H9N3/c1-3-7-9-4-5-10(7)6-8-2/h3-6H,1H2,2H3/b8-6-. The molecule has 0 bridgehead atoms. The van der Waals surface area contributed by atoms with Gasteiger partial charge in [0.15, 0.2) is 0 Å². The van der Waals surface area contributed by atoms with Crippen molar-refractivity contribution in [3.8, 4) is 0 Å². The molecule has 0 aliphatic heterocycles. The predicted octanol–water partition coefficient (Wildman–Crippen LogP) is 1.03. The van der Waals surface area contributed by atoms with Crippen LogP contribution in [-0.2, 0) is 0 Å². The zero-order chi connectivity index (χ0) is 7.40. The maximum Gasteiger partial charge on any atom is 0.137 e. The summed E-state index contributed by atoms with van der Waals surface area (Å²) in [7, 11) is 1.72. The van der Waals surface area contributed by atoms with Gasteiger partial charge < -0.3 is 0 Å². The van der Waals surface area contributed by atoms with Gasteiger partial charge in [0.2, 0.25) is 0 Å². The Balaban J connectivity index is 3.00. The minimum atomic E-state index is 0.811. The van der Waals surface area contributed by atoms with E-state index in [1.54, 1.807) is 30.2 Å². The third-order valence-electron chi connectivity index (χ3n) is 1.12. The van der Waals surface area contributed by atoms with Crippen LogP contribution in [0.25, 0.3) is 6.08 Å². The highest BCUT2D eigenvalue weighted by atomic mass is 15.1. The third-order valence-corrected chi connectivity index (χ3v) is 1.12. The van der Waals surface area contributed by atoms with Crippen LogP contribution in [-0.4, -0.2) is 22.9 Å². The van der Waals surface area contributed by atoms with E-state index in [0.717, 1.165) is 5.82 Å². The van der Waals surface area contributed by atoms with Crippen LogP contribution in [0.4, 0.5) is 0 Å². The lowest BCUT2D eigenvalue weighted by atomic mass is 10.6. The van der Waals surface area contributed by atoms with Crippen LogP contribution in [0.2, 0.25) is 0 Å². The molecule has 0 aliphatic rings. The number of imidazole rings is 1. The molecule has 10 heavy (non-hydrogen) atoms. The van der Waals surface area contributed by atoms with E-state index in [-0.39, 0.29) is 0 Å². The first-order valence-corrected chi connectivity index (χ1v) is 2.96. The maximum absolute atomic E-state index is 4.01. The molecule has 3 heteroatoms. The van der Waals surface area contributed by atoms with Crippen molar-refractivity contribution < 1.29 is 0 Å².